The van der Waals surface area contributed by atoms with Crippen molar-refractivity contribution in [3.05, 3.63) is 28.8 Å². The zero-order valence-electron chi connectivity index (χ0n) is 10.7. The molecular weight excluding hydrogens is 218 g/mol. The molecule has 2 N–H and O–H groups in total. The maximum Gasteiger partial charge on any atom is 0.404 e. The van der Waals surface area contributed by atoms with E-state index in [1.165, 1.54) is 0 Å². The third-order valence-corrected chi connectivity index (χ3v) is 2.74. The highest BCUT2D eigenvalue weighted by Gasteiger charge is 2.11. The minimum atomic E-state index is -1.01. The van der Waals surface area contributed by atoms with Gasteiger partial charge in [0.1, 0.15) is 5.75 Å². The lowest BCUT2D eigenvalue weighted by atomic mass is 9.96. The van der Waals surface area contributed by atoms with Crippen molar-refractivity contribution in [2.45, 2.75) is 33.2 Å². The Morgan fingerprint density at radius 1 is 1.47 bits per heavy atom. The topological polar surface area (TPSA) is 58.6 Å². The number of hydrogen-bond acceptors (Lipinski definition) is 2. The molecule has 0 heterocycles. The van der Waals surface area contributed by atoms with E-state index in [1.54, 1.807) is 7.11 Å². The van der Waals surface area contributed by atoms with Gasteiger partial charge in [0.15, 0.2) is 0 Å². The van der Waals surface area contributed by atoms with Crippen LogP contribution in [0.3, 0.4) is 0 Å². The number of methoxy groups -OCH3 is 1. The average Bonchev–Trinajstić information content (AvgIpc) is 2.26. The van der Waals surface area contributed by atoms with Crippen molar-refractivity contribution >= 4 is 6.09 Å². The molecule has 4 heteroatoms. The van der Waals surface area contributed by atoms with E-state index in [1.807, 2.05) is 19.1 Å². The molecule has 0 radical (unpaired) electrons. The van der Waals surface area contributed by atoms with Gasteiger partial charge in [0, 0.05) is 6.54 Å². The summed E-state index contributed by atoms with van der Waals surface area (Å²) in [6, 6.07) is 3.96. The van der Waals surface area contributed by atoms with E-state index >= 15 is 0 Å². The lowest BCUT2D eigenvalue weighted by Gasteiger charge is -2.16. The summed E-state index contributed by atoms with van der Waals surface area (Å²) >= 11 is 0. The summed E-state index contributed by atoms with van der Waals surface area (Å²) < 4.78 is 5.33. The predicted octanol–water partition coefficient (Wildman–Crippen LogP) is 2.89. The summed E-state index contributed by atoms with van der Waals surface area (Å²) in [6.45, 7) is 6.44. The molecule has 1 aromatic carbocycles. The highest BCUT2D eigenvalue weighted by atomic mass is 16.5. The van der Waals surface area contributed by atoms with Gasteiger partial charge in [-0.25, -0.2) is 4.79 Å². The third-order valence-electron chi connectivity index (χ3n) is 2.74. The number of aryl methyl sites for hydroxylation is 1. The number of carboxylic acid groups (broad SMARTS) is 1. The zero-order valence-corrected chi connectivity index (χ0v) is 10.7. The molecule has 1 amide bonds. The molecule has 0 saturated carbocycles. The van der Waals surface area contributed by atoms with Gasteiger partial charge in [0.25, 0.3) is 0 Å². The van der Waals surface area contributed by atoms with E-state index < -0.39 is 6.09 Å². The Hall–Kier alpha value is -1.71. The van der Waals surface area contributed by atoms with E-state index in [4.69, 9.17) is 9.84 Å². The SMILES string of the molecule is COc1cc(C)c(CNC(=O)O)cc1C(C)C. The molecule has 0 atom stereocenters. The standard InChI is InChI=1S/C13H19NO3/c1-8(2)11-6-10(7-14-13(15)16)9(3)5-12(11)17-4/h5-6,8,14H,7H2,1-4H3,(H,15,16). The fourth-order valence-corrected chi connectivity index (χ4v) is 1.73. The number of ether oxygens (including phenoxy) is 1. The predicted molar refractivity (Wildman–Crippen MR) is 66.7 cm³/mol. The van der Waals surface area contributed by atoms with Crippen LogP contribution in [0.25, 0.3) is 0 Å². The molecule has 0 aliphatic heterocycles. The molecule has 0 fully saturated rings. The lowest BCUT2D eigenvalue weighted by Crippen LogP contribution is -2.20. The van der Waals surface area contributed by atoms with Gasteiger partial charge >= 0.3 is 6.09 Å². The maximum absolute atomic E-state index is 10.5. The molecule has 0 aromatic heterocycles. The van der Waals surface area contributed by atoms with Crippen LogP contribution in [0.15, 0.2) is 12.1 Å². The smallest absolute Gasteiger partial charge is 0.404 e. The first-order valence-corrected chi connectivity index (χ1v) is 5.60. The van der Waals surface area contributed by atoms with Crippen LogP contribution in [0.4, 0.5) is 4.79 Å². The third kappa shape index (κ3) is 3.37. The maximum atomic E-state index is 10.5. The Morgan fingerprint density at radius 3 is 2.59 bits per heavy atom. The van der Waals surface area contributed by atoms with E-state index in [0.717, 1.165) is 22.4 Å². The normalized spacial score (nSPS) is 10.4. The molecule has 0 saturated heterocycles. The Labute approximate surface area is 102 Å². The van der Waals surface area contributed by atoms with Crippen LogP contribution in [0.2, 0.25) is 0 Å². The average molecular weight is 237 g/mol. The lowest BCUT2D eigenvalue weighted by molar-refractivity contribution is 0.194. The van der Waals surface area contributed by atoms with Gasteiger partial charge in [-0.3, -0.25) is 0 Å². The zero-order chi connectivity index (χ0) is 13.0. The van der Waals surface area contributed by atoms with E-state index in [-0.39, 0.29) is 0 Å². The van der Waals surface area contributed by atoms with Crippen LogP contribution < -0.4 is 10.1 Å². The number of rotatable bonds is 4. The van der Waals surface area contributed by atoms with E-state index in [0.29, 0.717) is 12.5 Å². The van der Waals surface area contributed by atoms with Gasteiger partial charge in [-0.15, -0.1) is 0 Å². The van der Waals surface area contributed by atoms with Crippen LogP contribution in [0.1, 0.15) is 36.5 Å². The summed E-state index contributed by atoms with van der Waals surface area (Å²) in [5.74, 6) is 1.20. The van der Waals surface area contributed by atoms with Crippen molar-refractivity contribution in [1.29, 1.82) is 0 Å². The van der Waals surface area contributed by atoms with Crippen molar-refractivity contribution < 1.29 is 14.6 Å². The highest BCUT2D eigenvalue weighted by Crippen LogP contribution is 2.29. The van der Waals surface area contributed by atoms with Gasteiger partial charge in [0.2, 0.25) is 0 Å². The van der Waals surface area contributed by atoms with Gasteiger partial charge < -0.3 is 15.2 Å². The van der Waals surface area contributed by atoms with Crippen molar-refractivity contribution in [2.75, 3.05) is 7.11 Å². The molecular formula is C13H19NO3. The van der Waals surface area contributed by atoms with Crippen molar-refractivity contribution in [3.8, 4) is 5.75 Å². The molecule has 17 heavy (non-hydrogen) atoms. The second kappa shape index (κ2) is 5.57. The summed E-state index contributed by atoms with van der Waals surface area (Å²) in [6.07, 6.45) is -1.01. The van der Waals surface area contributed by atoms with Gasteiger partial charge in [-0.1, -0.05) is 13.8 Å². The molecule has 4 nitrogen and oxygen atoms in total. The fourth-order valence-electron chi connectivity index (χ4n) is 1.73. The van der Waals surface area contributed by atoms with Crippen LogP contribution >= 0.6 is 0 Å². The summed E-state index contributed by atoms with van der Waals surface area (Å²) in [7, 11) is 1.65. The highest BCUT2D eigenvalue weighted by molar-refractivity contribution is 5.64. The largest absolute Gasteiger partial charge is 0.496 e. The Balaban J connectivity index is 3.06. The van der Waals surface area contributed by atoms with Gasteiger partial charge in [-0.2, -0.15) is 0 Å². The van der Waals surface area contributed by atoms with Crippen LogP contribution in [-0.4, -0.2) is 18.3 Å². The molecule has 0 bridgehead atoms. The number of benzene rings is 1. The minimum absolute atomic E-state index is 0.324. The van der Waals surface area contributed by atoms with Crippen LogP contribution in [0, 0.1) is 6.92 Å². The van der Waals surface area contributed by atoms with Gasteiger partial charge in [0.05, 0.1) is 7.11 Å². The number of hydrogen-bond donors (Lipinski definition) is 2. The summed E-state index contributed by atoms with van der Waals surface area (Å²) in [5.41, 5.74) is 3.11. The Bertz CT molecular complexity index is 413. The van der Waals surface area contributed by atoms with Crippen molar-refractivity contribution in [1.82, 2.24) is 5.32 Å². The number of amides is 1. The monoisotopic (exact) mass is 237 g/mol. The minimum Gasteiger partial charge on any atom is -0.496 e. The van der Waals surface area contributed by atoms with Gasteiger partial charge in [-0.05, 0) is 41.7 Å². The molecule has 0 spiro atoms. The van der Waals surface area contributed by atoms with Crippen LogP contribution in [-0.2, 0) is 6.54 Å². The quantitative estimate of drug-likeness (QED) is 0.846. The molecule has 0 unspecified atom stereocenters. The molecule has 0 aliphatic rings. The first-order chi connectivity index (χ1) is 7.95. The molecule has 1 aromatic rings. The first-order valence-electron chi connectivity index (χ1n) is 5.60. The van der Waals surface area contributed by atoms with E-state index in [9.17, 15) is 4.79 Å². The Kier molecular flexibility index (Phi) is 4.37. The Morgan fingerprint density at radius 2 is 2.12 bits per heavy atom. The number of nitrogens with one attached hydrogen (secondary N) is 1. The number of carbonyl (C=O) groups is 1. The summed E-state index contributed by atoms with van der Waals surface area (Å²) in [4.78, 5) is 10.5. The van der Waals surface area contributed by atoms with Crippen LogP contribution in [0.5, 0.6) is 5.75 Å². The first kappa shape index (κ1) is 13.4. The fraction of sp³-hybridized carbons (Fsp3) is 0.462. The molecule has 1 rings (SSSR count). The molecule has 94 valence electrons. The van der Waals surface area contributed by atoms with Crippen molar-refractivity contribution in [3.63, 3.8) is 0 Å². The second-order valence-corrected chi connectivity index (χ2v) is 4.33. The molecule has 0 aliphatic carbocycles. The van der Waals surface area contributed by atoms with Crippen molar-refractivity contribution in [2.24, 2.45) is 0 Å². The van der Waals surface area contributed by atoms with E-state index in [2.05, 4.69) is 19.2 Å². The summed E-state index contributed by atoms with van der Waals surface area (Å²) in [5, 5.41) is 11.0. The second-order valence-electron chi connectivity index (χ2n) is 4.33.